The second-order valence-electron chi connectivity index (χ2n) is 3.85. The largest absolute Gasteiger partial charge is 0.271 e. The third-order valence-corrected chi connectivity index (χ3v) is 3.00. The smallest absolute Gasteiger partial charge is 0.0992 e. The van der Waals surface area contributed by atoms with E-state index in [0.717, 1.165) is 30.5 Å². The van der Waals surface area contributed by atoms with Crippen molar-refractivity contribution in [3.8, 4) is 6.07 Å². The van der Waals surface area contributed by atoms with Crippen molar-refractivity contribution in [2.24, 2.45) is 7.05 Å². The van der Waals surface area contributed by atoms with Gasteiger partial charge in [-0.1, -0.05) is 0 Å². The van der Waals surface area contributed by atoms with Crippen LogP contribution in [0.15, 0.2) is 6.20 Å². The molecular formula is C10H13N3. The lowest BCUT2D eigenvalue weighted by Crippen LogP contribution is -2.35. The van der Waals surface area contributed by atoms with Gasteiger partial charge in [0, 0.05) is 7.05 Å². The van der Waals surface area contributed by atoms with Crippen molar-refractivity contribution in [3.05, 3.63) is 17.5 Å². The summed E-state index contributed by atoms with van der Waals surface area (Å²) in [5.74, 6) is 0. The van der Waals surface area contributed by atoms with Crippen LogP contribution < -0.4 is 0 Å². The van der Waals surface area contributed by atoms with Gasteiger partial charge in [0.25, 0.3) is 0 Å². The molecule has 1 aliphatic rings. The van der Waals surface area contributed by atoms with E-state index in [1.54, 1.807) is 0 Å². The Hall–Kier alpha value is -1.30. The Morgan fingerprint density at radius 2 is 2.31 bits per heavy atom. The molecule has 1 heterocycles. The number of nitriles is 1. The highest BCUT2D eigenvalue weighted by Gasteiger charge is 2.42. The van der Waals surface area contributed by atoms with E-state index >= 15 is 0 Å². The van der Waals surface area contributed by atoms with Crippen LogP contribution in [0.4, 0.5) is 0 Å². The van der Waals surface area contributed by atoms with Gasteiger partial charge in [-0.3, -0.25) is 4.68 Å². The molecule has 1 aromatic rings. The van der Waals surface area contributed by atoms with E-state index in [9.17, 15) is 0 Å². The molecule has 13 heavy (non-hydrogen) atoms. The standard InChI is InChI=1S/C10H13N3/c1-8-6-12-13(2)9(8)10(7-11)4-3-5-10/h6H,3-5H2,1-2H3. The van der Waals surface area contributed by atoms with E-state index in [1.807, 2.05) is 24.9 Å². The SMILES string of the molecule is Cc1cnn(C)c1C1(C#N)CCC1. The molecule has 0 radical (unpaired) electrons. The Balaban J connectivity index is 2.50. The van der Waals surface area contributed by atoms with Crippen LogP contribution in [0.1, 0.15) is 30.5 Å². The lowest BCUT2D eigenvalue weighted by atomic mass is 9.67. The zero-order valence-electron chi connectivity index (χ0n) is 8.04. The van der Waals surface area contributed by atoms with Gasteiger partial charge in [-0.15, -0.1) is 0 Å². The molecule has 0 aromatic carbocycles. The second kappa shape index (κ2) is 2.59. The van der Waals surface area contributed by atoms with Crippen molar-refractivity contribution < 1.29 is 0 Å². The molecule has 0 bridgehead atoms. The number of hydrogen-bond donors (Lipinski definition) is 0. The highest BCUT2D eigenvalue weighted by Crippen LogP contribution is 2.43. The third-order valence-electron chi connectivity index (χ3n) is 3.00. The molecule has 0 N–H and O–H groups in total. The summed E-state index contributed by atoms with van der Waals surface area (Å²) in [4.78, 5) is 0. The number of nitrogens with zero attached hydrogens (tertiary/aromatic N) is 3. The predicted molar refractivity (Wildman–Crippen MR) is 49.1 cm³/mol. The molecule has 0 saturated heterocycles. The van der Waals surface area contributed by atoms with Crippen molar-refractivity contribution >= 4 is 0 Å². The Kier molecular flexibility index (Phi) is 1.66. The fourth-order valence-corrected chi connectivity index (χ4v) is 2.17. The molecule has 3 heteroatoms. The molecule has 1 fully saturated rings. The third kappa shape index (κ3) is 0.983. The summed E-state index contributed by atoms with van der Waals surface area (Å²) in [7, 11) is 1.92. The summed E-state index contributed by atoms with van der Waals surface area (Å²) >= 11 is 0. The molecule has 1 aromatic heterocycles. The molecule has 0 aliphatic heterocycles. The summed E-state index contributed by atoms with van der Waals surface area (Å²) in [6.07, 6.45) is 4.98. The van der Waals surface area contributed by atoms with Gasteiger partial charge in [-0.2, -0.15) is 10.4 Å². The summed E-state index contributed by atoms with van der Waals surface area (Å²) in [5, 5.41) is 13.3. The van der Waals surface area contributed by atoms with Crippen LogP contribution in [0.5, 0.6) is 0 Å². The molecule has 0 spiro atoms. The lowest BCUT2D eigenvalue weighted by molar-refractivity contribution is 0.304. The van der Waals surface area contributed by atoms with Gasteiger partial charge in [-0.25, -0.2) is 0 Å². The number of rotatable bonds is 1. The first-order valence-electron chi connectivity index (χ1n) is 4.60. The van der Waals surface area contributed by atoms with Gasteiger partial charge in [0.05, 0.1) is 23.4 Å². The monoisotopic (exact) mass is 175 g/mol. The Bertz CT molecular complexity index is 347. The zero-order valence-corrected chi connectivity index (χ0v) is 8.04. The van der Waals surface area contributed by atoms with Crippen LogP contribution in [-0.4, -0.2) is 9.78 Å². The number of hydrogen-bond acceptors (Lipinski definition) is 2. The van der Waals surface area contributed by atoms with Crippen molar-refractivity contribution in [1.29, 1.82) is 5.26 Å². The average Bonchev–Trinajstić information content (AvgIpc) is 2.35. The first kappa shape index (κ1) is 8.31. The highest BCUT2D eigenvalue weighted by molar-refractivity contribution is 5.35. The molecule has 3 nitrogen and oxygen atoms in total. The summed E-state index contributed by atoms with van der Waals surface area (Å²) in [5.41, 5.74) is 2.03. The van der Waals surface area contributed by atoms with Gasteiger partial charge >= 0.3 is 0 Å². The summed E-state index contributed by atoms with van der Waals surface area (Å²) < 4.78 is 1.84. The summed E-state index contributed by atoms with van der Waals surface area (Å²) in [6, 6.07) is 2.44. The van der Waals surface area contributed by atoms with Crippen molar-refractivity contribution in [2.75, 3.05) is 0 Å². The minimum absolute atomic E-state index is 0.227. The second-order valence-corrected chi connectivity index (χ2v) is 3.85. The fraction of sp³-hybridized carbons (Fsp3) is 0.600. The van der Waals surface area contributed by atoms with Gasteiger partial charge in [0.15, 0.2) is 0 Å². The van der Waals surface area contributed by atoms with Crippen LogP contribution in [0.2, 0.25) is 0 Å². The maximum atomic E-state index is 9.17. The van der Waals surface area contributed by atoms with Crippen molar-refractivity contribution in [2.45, 2.75) is 31.6 Å². The molecule has 0 amide bonds. The molecule has 1 aliphatic carbocycles. The van der Waals surface area contributed by atoms with E-state index < -0.39 is 0 Å². The average molecular weight is 175 g/mol. The van der Waals surface area contributed by atoms with Crippen LogP contribution in [0.25, 0.3) is 0 Å². The van der Waals surface area contributed by atoms with Crippen LogP contribution in [0, 0.1) is 18.3 Å². The van der Waals surface area contributed by atoms with Crippen molar-refractivity contribution in [1.82, 2.24) is 9.78 Å². The fourth-order valence-electron chi connectivity index (χ4n) is 2.17. The van der Waals surface area contributed by atoms with Crippen LogP contribution in [-0.2, 0) is 12.5 Å². The van der Waals surface area contributed by atoms with E-state index in [2.05, 4.69) is 11.2 Å². The van der Waals surface area contributed by atoms with Gasteiger partial charge in [-0.05, 0) is 31.7 Å². The van der Waals surface area contributed by atoms with E-state index in [4.69, 9.17) is 5.26 Å². The van der Waals surface area contributed by atoms with E-state index in [0.29, 0.717) is 0 Å². The molecule has 0 atom stereocenters. The van der Waals surface area contributed by atoms with Crippen molar-refractivity contribution in [3.63, 3.8) is 0 Å². The molecule has 0 unspecified atom stereocenters. The van der Waals surface area contributed by atoms with Gasteiger partial charge < -0.3 is 0 Å². The highest BCUT2D eigenvalue weighted by atomic mass is 15.3. The Labute approximate surface area is 78.0 Å². The topological polar surface area (TPSA) is 41.6 Å². The van der Waals surface area contributed by atoms with Gasteiger partial charge in [0.2, 0.25) is 0 Å². The number of aryl methyl sites for hydroxylation is 2. The van der Waals surface area contributed by atoms with Crippen LogP contribution in [0.3, 0.4) is 0 Å². The lowest BCUT2D eigenvalue weighted by Gasteiger charge is -2.35. The van der Waals surface area contributed by atoms with E-state index in [-0.39, 0.29) is 5.41 Å². The molecule has 1 saturated carbocycles. The molecule has 68 valence electrons. The Morgan fingerprint density at radius 1 is 1.62 bits per heavy atom. The maximum absolute atomic E-state index is 9.17. The number of aromatic nitrogens is 2. The molecular weight excluding hydrogens is 162 g/mol. The maximum Gasteiger partial charge on any atom is 0.0992 e. The minimum atomic E-state index is -0.227. The Morgan fingerprint density at radius 3 is 2.62 bits per heavy atom. The first-order chi connectivity index (χ1) is 6.19. The first-order valence-corrected chi connectivity index (χ1v) is 4.60. The van der Waals surface area contributed by atoms with E-state index in [1.165, 1.54) is 0 Å². The van der Waals surface area contributed by atoms with Crippen LogP contribution >= 0.6 is 0 Å². The quantitative estimate of drug-likeness (QED) is 0.651. The zero-order chi connectivity index (χ0) is 9.47. The predicted octanol–water partition coefficient (Wildman–Crippen LogP) is 1.67. The molecule has 2 rings (SSSR count). The minimum Gasteiger partial charge on any atom is -0.271 e. The van der Waals surface area contributed by atoms with Gasteiger partial charge in [0.1, 0.15) is 0 Å². The normalized spacial score (nSPS) is 19.2. The summed E-state index contributed by atoms with van der Waals surface area (Å²) in [6.45, 7) is 2.03.